The molecule has 0 saturated carbocycles. The first-order valence-corrected chi connectivity index (χ1v) is 4.45. The van der Waals surface area contributed by atoms with Gasteiger partial charge in [0.25, 0.3) is 0 Å². The first-order chi connectivity index (χ1) is 6.02. The Morgan fingerprint density at radius 3 is 2.62 bits per heavy atom. The fraction of sp³-hybridized carbons (Fsp3) is 0.364. The summed E-state index contributed by atoms with van der Waals surface area (Å²) in [5.74, 6) is 0.195. The van der Waals surface area contributed by atoms with E-state index < -0.39 is 5.54 Å². The summed E-state index contributed by atoms with van der Waals surface area (Å²) in [5, 5.41) is 3.21. The van der Waals surface area contributed by atoms with Crippen molar-refractivity contribution < 1.29 is 4.79 Å². The highest BCUT2D eigenvalue weighted by Gasteiger charge is 2.37. The average molecular weight is 175 g/mol. The van der Waals surface area contributed by atoms with Crippen molar-refractivity contribution in [2.75, 3.05) is 5.32 Å². The van der Waals surface area contributed by atoms with Crippen LogP contribution < -0.4 is 5.32 Å². The van der Waals surface area contributed by atoms with Crippen molar-refractivity contribution in [1.82, 2.24) is 0 Å². The molecule has 0 bridgehead atoms. The zero-order valence-electron chi connectivity index (χ0n) is 8.14. The summed E-state index contributed by atoms with van der Waals surface area (Å²) < 4.78 is 0. The van der Waals surface area contributed by atoms with Gasteiger partial charge in [0.05, 0.1) is 5.54 Å². The lowest BCUT2D eigenvalue weighted by Crippen LogP contribution is -2.33. The number of benzene rings is 1. The van der Waals surface area contributed by atoms with Crippen LogP contribution in [0.3, 0.4) is 0 Å². The molecule has 13 heavy (non-hydrogen) atoms. The van der Waals surface area contributed by atoms with Crippen molar-refractivity contribution in [3.05, 3.63) is 29.3 Å². The molecule has 0 aromatic heterocycles. The van der Waals surface area contributed by atoms with Gasteiger partial charge in [-0.15, -0.1) is 0 Å². The van der Waals surface area contributed by atoms with Crippen LogP contribution in [0.15, 0.2) is 18.2 Å². The van der Waals surface area contributed by atoms with Crippen molar-refractivity contribution in [2.45, 2.75) is 26.3 Å². The molecule has 1 N–H and O–H groups in total. The molecule has 0 aliphatic carbocycles. The maximum atomic E-state index is 11.9. The molecule has 1 aromatic rings. The quantitative estimate of drug-likeness (QED) is 0.656. The first kappa shape index (κ1) is 8.30. The molecule has 1 aliphatic rings. The number of hydrogen-bond donors (Lipinski definition) is 1. The summed E-state index contributed by atoms with van der Waals surface area (Å²) in [6.07, 6.45) is 0. The van der Waals surface area contributed by atoms with Crippen LogP contribution in [-0.2, 0) is 0 Å². The lowest BCUT2D eigenvalue weighted by Gasteiger charge is -2.15. The Morgan fingerprint density at radius 1 is 1.31 bits per heavy atom. The third-order valence-electron chi connectivity index (χ3n) is 2.51. The Morgan fingerprint density at radius 2 is 2.00 bits per heavy atom. The molecular formula is C11H13NO. The summed E-state index contributed by atoms with van der Waals surface area (Å²) in [6.45, 7) is 5.80. The molecule has 0 unspecified atom stereocenters. The van der Waals surface area contributed by atoms with Gasteiger partial charge in [-0.05, 0) is 32.4 Å². The smallest absolute Gasteiger partial charge is 0.189 e. The molecule has 1 aliphatic heterocycles. The highest BCUT2D eigenvalue weighted by Crippen LogP contribution is 2.33. The first-order valence-electron chi connectivity index (χ1n) is 4.45. The minimum Gasteiger partial charge on any atom is -0.372 e. The predicted molar refractivity (Wildman–Crippen MR) is 53.2 cm³/mol. The number of carbonyl (C=O) groups is 1. The minimum atomic E-state index is -0.436. The van der Waals surface area contributed by atoms with Crippen LogP contribution in [-0.4, -0.2) is 11.3 Å². The highest BCUT2D eigenvalue weighted by atomic mass is 16.1. The van der Waals surface area contributed by atoms with E-state index in [-0.39, 0.29) is 5.78 Å². The molecular weight excluding hydrogens is 162 g/mol. The number of carbonyl (C=O) groups excluding carboxylic acids is 1. The molecule has 0 radical (unpaired) electrons. The number of anilines is 1. The van der Waals surface area contributed by atoms with Gasteiger partial charge in [-0.3, -0.25) is 4.79 Å². The van der Waals surface area contributed by atoms with Gasteiger partial charge in [-0.1, -0.05) is 12.1 Å². The number of hydrogen-bond acceptors (Lipinski definition) is 2. The Bertz CT molecular complexity index is 380. The van der Waals surface area contributed by atoms with Gasteiger partial charge in [0, 0.05) is 11.3 Å². The van der Waals surface area contributed by atoms with E-state index >= 15 is 0 Å². The fourth-order valence-electron chi connectivity index (χ4n) is 1.78. The van der Waals surface area contributed by atoms with E-state index in [1.54, 1.807) is 0 Å². The summed E-state index contributed by atoms with van der Waals surface area (Å²) in [7, 11) is 0. The van der Waals surface area contributed by atoms with E-state index in [1.807, 2.05) is 39.0 Å². The number of nitrogens with one attached hydrogen (secondary N) is 1. The molecule has 1 heterocycles. The normalized spacial score (nSPS) is 18.2. The number of fused-ring (bicyclic) bond motifs is 1. The van der Waals surface area contributed by atoms with E-state index in [4.69, 9.17) is 0 Å². The van der Waals surface area contributed by atoms with E-state index in [1.165, 1.54) is 0 Å². The molecule has 0 saturated heterocycles. The van der Waals surface area contributed by atoms with Gasteiger partial charge in [0.1, 0.15) is 0 Å². The zero-order valence-corrected chi connectivity index (χ0v) is 8.14. The predicted octanol–water partition coefficient (Wildman–Crippen LogP) is 2.38. The Balaban J connectivity index is 2.64. The molecule has 2 rings (SSSR count). The standard InChI is InChI=1S/C11H13NO/c1-7-5-4-6-8-9(7)10(13)11(2,3)12-8/h4-6,12H,1-3H3. The van der Waals surface area contributed by atoms with Crippen LogP contribution in [0.2, 0.25) is 0 Å². The number of rotatable bonds is 0. The summed E-state index contributed by atoms with van der Waals surface area (Å²) in [5.41, 5.74) is 2.44. The van der Waals surface area contributed by atoms with E-state index in [0.717, 1.165) is 16.8 Å². The molecule has 1 aromatic carbocycles. The number of Topliss-reactive ketones (excluding diaryl/α,β-unsaturated/α-hetero) is 1. The molecule has 2 heteroatoms. The zero-order chi connectivity index (χ0) is 9.64. The third-order valence-corrected chi connectivity index (χ3v) is 2.51. The minimum absolute atomic E-state index is 0.195. The SMILES string of the molecule is Cc1cccc2c1C(=O)C(C)(C)N2. The Kier molecular flexibility index (Phi) is 1.50. The van der Waals surface area contributed by atoms with Crippen molar-refractivity contribution in [3.63, 3.8) is 0 Å². The van der Waals surface area contributed by atoms with E-state index in [9.17, 15) is 4.79 Å². The summed E-state index contributed by atoms with van der Waals surface area (Å²) in [4.78, 5) is 11.9. The van der Waals surface area contributed by atoms with Crippen molar-refractivity contribution >= 4 is 11.5 Å². The topological polar surface area (TPSA) is 29.1 Å². The van der Waals surface area contributed by atoms with Crippen molar-refractivity contribution in [2.24, 2.45) is 0 Å². The largest absolute Gasteiger partial charge is 0.372 e. The van der Waals surface area contributed by atoms with Gasteiger partial charge >= 0.3 is 0 Å². The molecule has 68 valence electrons. The second kappa shape index (κ2) is 2.34. The van der Waals surface area contributed by atoms with Crippen LogP contribution in [0.5, 0.6) is 0 Å². The second-order valence-electron chi connectivity index (χ2n) is 4.08. The van der Waals surface area contributed by atoms with Crippen molar-refractivity contribution in [1.29, 1.82) is 0 Å². The van der Waals surface area contributed by atoms with Gasteiger partial charge in [-0.2, -0.15) is 0 Å². The van der Waals surface area contributed by atoms with Crippen molar-refractivity contribution in [3.8, 4) is 0 Å². The van der Waals surface area contributed by atoms with Crippen LogP contribution in [0, 0.1) is 6.92 Å². The lowest BCUT2D eigenvalue weighted by molar-refractivity contribution is 0.0939. The summed E-state index contributed by atoms with van der Waals surface area (Å²) >= 11 is 0. The van der Waals surface area contributed by atoms with Crippen LogP contribution in [0.25, 0.3) is 0 Å². The molecule has 0 amide bonds. The van der Waals surface area contributed by atoms with Crippen LogP contribution in [0.1, 0.15) is 29.8 Å². The maximum Gasteiger partial charge on any atom is 0.189 e. The molecule has 0 atom stereocenters. The van der Waals surface area contributed by atoms with Gasteiger partial charge in [-0.25, -0.2) is 0 Å². The fourth-order valence-corrected chi connectivity index (χ4v) is 1.78. The number of aryl methyl sites for hydroxylation is 1. The Hall–Kier alpha value is -1.31. The Labute approximate surface area is 78.0 Å². The molecule has 0 fully saturated rings. The van der Waals surface area contributed by atoms with E-state index in [0.29, 0.717) is 0 Å². The van der Waals surface area contributed by atoms with Gasteiger partial charge in [0.2, 0.25) is 0 Å². The van der Waals surface area contributed by atoms with Crippen LogP contribution >= 0.6 is 0 Å². The monoisotopic (exact) mass is 175 g/mol. The number of ketones is 1. The average Bonchev–Trinajstić information content (AvgIpc) is 2.24. The second-order valence-corrected chi connectivity index (χ2v) is 4.08. The molecule has 0 spiro atoms. The van der Waals surface area contributed by atoms with Gasteiger partial charge < -0.3 is 5.32 Å². The lowest BCUT2D eigenvalue weighted by atomic mass is 9.96. The highest BCUT2D eigenvalue weighted by molar-refractivity contribution is 6.13. The summed E-state index contributed by atoms with van der Waals surface area (Å²) in [6, 6.07) is 5.89. The maximum absolute atomic E-state index is 11.9. The molecule has 2 nitrogen and oxygen atoms in total. The van der Waals surface area contributed by atoms with E-state index in [2.05, 4.69) is 5.32 Å². The van der Waals surface area contributed by atoms with Gasteiger partial charge in [0.15, 0.2) is 5.78 Å². The third kappa shape index (κ3) is 1.05. The van der Waals surface area contributed by atoms with Crippen LogP contribution in [0.4, 0.5) is 5.69 Å².